The standard InChI is InChI=1S/C14H16BrNO2/c1-3-10(5-4-8-16)13-11(9-17)6-7-12(15)14(13)18-2/h3-8,17H,1,9,16H2,2H3/b8-4-,10-5+. The third-order valence-corrected chi connectivity index (χ3v) is 3.09. The van der Waals surface area contributed by atoms with Gasteiger partial charge in [0.25, 0.3) is 0 Å². The molecule has 1 rings (SSSR count). The van der Waals surface area contributed by atoms with Crippen molar-refractivity contribution in [3.8, 4) is 5.75 Å². The first-order valence-electron chi connectivity index (χ1n) is 5.37. The van der Waals surface area contributed by atoms with Crippen LogP contribution in [0.2, 0.25) is 0 Å². The Labute approximate surface area is 115 Å². The number of benzene rings is 1. The van der Waals surface area contributed by atoms with Gasteiger partial charge in [0.15, 0.2) is 0 Å². The molecule has 1 aromatic rings. The van der Waals surface area contributed by atoms with Gasteiger partial charge in [0.05, 0.1) is 18.2 Å². The molecule has 3 N–H and O–H groups in total. The van der Waals surface area contributed by atoms with E-state index < -0.39 is 0 Å². The molecule has 0 saturated heterocycles. The predicted octanol–water partition coefficient (Wildman–Crippen LogP) is 2.99. The zero-order valence-electron chi connectivity index (χ0n) is 10.2. The number of ether oxygens (including phenoxy) is 1. The van der Waals surface area contributed by atoms with Gasteiger partial charge in [-0.05, 0) is 45.4 Å². The topological polar surface area (TPSA) is 55.5 Å². The van der Waals surface area contributed by atoms with Crippen molar-refractivity contribution in [2.75, 3.05) is 7.11 Å². The summed E-state index contributed by atoms with van der Waals surface area (Å²) in [4.78, 5) is 0. The first-order valence-corrected chi connectivity index (χ1v) is 6.16. The van der Waals surface area contributed by atoms with Crippen molar-refractivity contribution in [2.24, 2.45) is 5.73 Å². The number of hydrogen-bond acceptors (Lipinski definition) is 3. The third kappa shape index (κ3) is 3.03. The van der Waals surface area contributed by atoms with E-state index in [0.29, 0.717) is 5.75 Å². The van der Waals surface area contributed by atoms with E-state index in [4.69, 9.17) is 10.5 Å². The first-order chi connectivity index (χ1) is 8.69. The summed E-state index contributed by atoms with van der Waals surface area (Å²) >= 11 is 3.43. The lowest BCUT2D eigenvalue weighted by atomic mass is 9.98. The number of nitrogens with two attached hydrogens (primary N) is 1. The van der Waals surface area contributed by atoms with Gasteiger partial charge in [-0.25, -0.2) is 0 Å². The Bertz CT molecular complexity index is 493. The lowest BCUT2D eigenvalue weighted by Crippen LogP contribution is -1.98. The second-order valence-electron chi connectivity index (χ2n) is 3.48. The fraction of sp³-hybridized carbons (Fsp3) is 0.143. The molecule has 0 fully saturated rings. The van der Waals surface area contributed by atoms with E-state index in [-0.39, 0.29) is 6.61 Å². The molecule has 0 amide bonds. The zero-order valence-corrected chi connectivity index (χ0v) is 11.8. The fourth-order valence-corrected chi connectivity index (χ4v) is 2.15. The number of aliphatic hydroxyl groups is 1. The van der Waals surface area contributed by atoms with Crippen LogP contribution < -0.4 is 10.5 Å². The van der Waals surface area contributed by atoms with Crippen molar-refractivity contribution in [1.82, 2.24) is 0 Å². The molecular weight excluding hydrogens is 294 g/mol. The summed E-state index contributed by atoms with van der Waals surface area (Å²) in [5.74, 6) is 0.665. The Morgan fingerprint density at radius 2 is 2.28 bits per heavy atom. The van der Waals surface area contributed by atoms with E-state index >= 15 is 0 Å². The summed E-state index contributed by atoms with van der Waals surface area (Å²) in [5, 5.41) is 9.42. The zero-order chi connectivity index (χ0) is 13.5. The summed E-state index contributed by atoms with van der Waals surface area (Å²) in [6.45, 7) is 3.70. The van der Waals surface area contributed by atoms with Crippen molar-refractivity contribution < 1.29 is 9.84 Å². The number of aliphatic hydroxyl groups excluding tert-OH is 1. The van der Waals surface area contributed by atoms with Crippen LogP contribution in [0.4, 0.5) is 0 Å². The minimum atomic E-state index is -0.0729. The van der Waals surface area contributed by atoms with E-state index in [1.54, 1.807) is 19.3 Å². The van der Waals surface area contributed by atoms with Gasteiger partial charge in [0.1, 0.15) is 5.75 Å². The summed E-state index contributed by atoms with van der Waals surface area (Å²) in [6, 6.07) is 3.68. The van der Waals surface area contributed by atoms with Crippen LogP contribution in [0.5, 0.6) is 5.75 Å². The summed E-state index contributed by atoms with van der Waals surface area (Å²) < 4.78 is 6.20. The van der Waals surface area contributed by atoms with Crippen LogP contribution in [-0.2, 0) is 6.61 Å². The molecule has 0 aliphatic carbocycles. The summed E-state index contributed by atoms with van der Waals surface area (Å²) in [6.07, 6.45) is 6.66. The minimum absolute atomic E-state index is 0.0729. The molecule has 0 saturated carbocycles. The average molecular weight is 310 g/mol. The smallest absolute Gasteiger partial charge is 0.141 e. The molecule has 18 heavy (non-hydrogen) atoms. The molecule has 0 bridgehead atoms. The van der Waals surface area contributed by atoms with Crippen LogP contribution >= 0.6 is 15.9 Å². The molecule has 0 unspecified atom stereocenters. The van der Waals surface area contributed by atoms with Gasteiger partial charge < -0.3 is 15.6 Å². The van der Waals surface area contributed by atoms with Gasteiger partial charge in [0.2, 0.25) is 0 Å². The molecule has 0 spiro atoms. The van der Waals surface area contributed by atoms with E-state index in [0.717, 1.165) is 21.2 Å². The van der Waals surface area contributed by atoms with Gasteiger partial charge in [-0.2, -0.15) is 0 Å². The number of allylic oxidation sites excluding steroid dienone is 4. The van der Waals surface area contributed by atoms with Gasteiger partial charge in [-0.3, -0.25) is 0 Å². The summed E-state index contributed by atoms with van der Waals surface area (Å²) in [5.41, 5.74) is 7.74. The average Bonchev–Trinajstić information content (AvgIpc) is 2.40. The second kappa shape index (κ2) is 7.03. The molecule has 3 nitrogen and oxygen atoms in total. The van der Waals surface area contributed by atoms with Crippen molar-refractivity contribution in [2.45, 2.75) is 6.61 Å². The highest BCUT2D eigenvalue weighted by Crippen LogP contribution is 2.36. The maximum absolute atomic E-state index is 9.42. The molecule has 0 heterocycles. The quantitative estimate of drug-likeness (QED) is 0.822. The van der Waals surface area contributed by atoms with Crippen LogP contribution in [0.25, 0.3) is 5.57 Å². The van der Waals surface area contributed by atoms with Gasteiger partial charge in [-0.15, -0.1) is 0 Å². The van der Waals surface area contributed by atoms with E-state index in [1.807, 2.05) is 18.2 Å². The maximum atomic E-state index is 9.42. The second-order valence-corrected chi connectivity index (χ2v) is 4.34. The van der Waals surface area contributed by atoms with Gasteiger partial charge in [0, 0.05) is 5.56 Å². The van der Waals surface area contributed by atoms with E-state index in [9.17, 15) is 5.11 Å². The molecule has 0 aliphatic heterocycles. The van der Waals surface area contributed by atoms with Gasteiger partial charge in [-0.1, -0.05) is 24.8 Å². The third-order valence-electron chi connectivity index (χ3n) is 2.47. The van der Waals surface area contributed by atoms with Crippen molar-refractivity contribution in [3.63, 3.8) is 0 Å². The van der Waals surface area contributed by atoms with Crippen LogP contribution in [0.15, 0.2) is 47.6 Å². The Morgan fingerprint density at radius 3 is 2.78 bits per heavy atom. The Hall–Kier alpha value is -1.52. The van der Waals surface area contributed by atoms with Crippen LogP contribution in [0, 0.1) is 0 Å². The molecule has 0 aliphatic rings. The largest absolute Gasteiger partial charge is 0.495 e. The summed E-state index contributed by atoms with van der Waals surface area (Å²) in [7, 11) is 1.59. The maximum Gasteiger partial charge on any atom is 0.141 e. The first kappa shape index (κ1) is 14.5. The van der Waals surface area contributed by atoms with Crippen LogP contribution in [0.3, 0.4) is 0 Å². The number of halogens is 1. The highest BCUT2D eigenvalue weighted by atomic mass is 79.9. The molecule has 96 valence electrons. The highest BCUT2D eigenvalue weighted by Gasteiger charge is 2.14. The molecule has 0 radical (unpaired) electrons. The van der Waals surface area contributed by atoms with Crippen molar-refractivity contribution in [1.29, 1.82) is 0 Å². The molecule has 0 atom stereocenters. The van der Waals surface area contributed by atoms with E-state index in [2.05, 4.69) is 22.5 Å². The normalized spacial score (nSPS) is 11.8. The molecular formula is C14H16BrNO2. The number of rotatable bonds is 5. The molecule has 4 heteroatoms. The molecule has 0 aromatic heterocycles. The molecule has 1 aromatic carbocycles. The fourth-order valence-electron chi connectivity index (χ4n) is 1.66. The van der Waals surface area contributed by atoms with Crippen LogP contribution in [-0.4, -0.2) is 12.2 Å². The minimum Gasteiger partial charge on any atom is -0.495 e. The van der Waals surface area contributed by atoms with Gasteiger partial charge >= 0.3 is 0 Å². The predicted molar refractivity (Wildman–Crippen MR) is 78.1 cm³/mol. The van der Waals surface area contributed by atoms with Crippen LogP contribution in [0.1, 0.15) is 11.1 Å². The lowest BCUT2D eigenvalue weighted by molar-refractivity contribution is 0.280. The lowest BCUT2D eigenvalue weighted by Gasteiger charge is -2.15. The number of methoxy groups -OCH3 is 1. The Morgan fingerprint density at radius 1 is 1.56 bits per heavy atom. The SMILES string of the molecule is C=C/C(=C\C=C/N)c1c(CO)ccc(Br)c1OC. The van der Waals surface area contributed by atoms with Crippen molar-refractivity contribution in [3.05, 3.63) is 58.7 Å². The van der Waals surface area contributed by atoms with E-state index in [1.165, 1.54) is 6.20 Å². The van der Waals surface area contributed by atoms with Crippen molar-refractivity contribution >= 4 is 21.5 Å². The Kier molecular flexibility index (Phi) is 5.68. The monoisotopic (exact) mass is 309 g/mol. The Balaban J connectivity index is 3.52. The highest BCUT2D eigenvalue weighted by molar-refractivity contribution is 9.10. The number of hydrogen-bond donors (Lipinski definition) is 2.